The van der Waals surface area contributed by atoms with Crippen LogP contribution in [0.1, 0.15) is 31.4 Å². The average molecular weight is 291 g/mol. The van der Waals surface area contributed by atoms with Crippen molar-refractivity contribution < 1.29 is 9.47 Å². The molecule has 0 fully saturated rings. The summed E-state index contributed by atoms with van der Waals surface area (Å²) >= 11 is 0. The van der Waals surface area contributed by atoms with Crippen molar-refractivity contribution in [2.45, 2.75) is 39.7 Å². The van der Waals surface area contributed by atoms with Crippen LogP contribution in [0, 0.1) is 6.92 Å². The Kier molecular flexibility index (Phi) is 8.79. The summed E-state index contributed by atoms with van der Waals surface area (Å²) in [7, 11) is 0. The summed E-state index contributed by atoms with van der Waals surface area (Å²) in [5, 5.41) is 3.40. The van der Waals surface area contributed by atoms with Gasteiger partial charge in [0.05, 0.1) is 13.2 Å². The van der Waals surface area contributed by atoms with E-state index in [0.717, 1.165) is 31.7 Å². The van der Waals surface area contributed by atoms with Crippen molar-refractivity contribution >= 4 is 0 Å². The van der Waals surface area contributed by atoms with E-state index in [0.29, 0.717) is 19.3 Å². The van der Waals surface area contributed by atoms with Crippen LogP contribution in [0.5, 0.6) is 5.75 Å². The highest BCUT2D eigenvalue weighted by atomic mass is 16.5. The van der Waals surface area contributed by atoms with Gasteiger partial charge >= 0.3 is 0 Å². The van der Waals surface area contributed by atoms with Gasteiger partial charge in [-0.2, -0.15) is 0 Å². The van der Waals surface area contributed by atoms with E-state index in [2.05, 4.69) is 44.8 Å². The normalized spacial score (nSPS) is 12.1. The zero-order valence-electron chi connectivity index (χ0n) is 13.7. The molecule has 0 radical (unpaired) electrons. The molecule has 0 saturated carbocycles. The SMILES string of the molecule is C=CCc1cc(C)ccc1OCCOCCN[C@@H](C)CC. The molecular weight excluding hydrogens is 262 g/mol. The third-order valence-corrected chi connectivity index (χ3v) is 3.42. The molecule has 0 heterocycles. The maximum Gasteiger partial charge on any atom is 0.122 e. The smallest absolute Gasteiger partial charge is 0.122 e. The predicted molar refractivity (Wildman–Crippen MR) is 89.1 cm³/mol. The average Bonchev–Trinajstić information content (AvgIpc) is 2.48. The first-order valence-electron chi connectivity index (χ1n) is 7.81. The predicted octanol–water partition coefficient (Wildman–Crippen LogP) is 3.51. The molecule has 3 heteroatoms. The van der Waals surface area contributed by atoms with Crippen LogP contribution in [-0.4, -0.2) is 32.4 Å². The van der Waals surface area contributed by atoms with Crippen LogP contribution >= 0.6 is 0 Å². The van der Waals surface area contributed by atoms with Gasteiger partial charge in [-0.25, -0.2) is 0 Å². The van der Waals surface area contributed by atoms with E-state index in [-0.39, 0.29) is 0 Å². The standard InChI is InChI=1S/C18H29NO2/c1-5-7-17-14-15(3)8-9-18(17)21-13-12-20-11-10-19-16(4)6-2/h5,8-9,14,16,19H,1,6-7,10-13H2,2-4H3/t16-/m0/s1. The molecule has 0 aromatic heterocycles. The molecule has 0 spiro atoms. The van der Waals surface area contributed by atoms with Crippen molar-refractivity contribution in [3.8, 4) is 5.75 Å². The van der Waals surface area contributed by atoms with Gasteiger partial charge in [-0.15, -0.1) is 6.58 Å². The van der Waals surface area contributed by atoms with E-state index in [1.54, 1.807) is 0 Å². The Balaban J connectivity index is 2.22. The second-order valence-electron chi connectivity index (χ2n) is 5.33. The highest BCUT2D eigenvalue weighted by Gasteiger charge is 2.03. The van der Waals surface area contributed by atoms with Gasteiger partial charge in [0.2, 0.25) is 0 Å². The third-order valence-electron chi connectivity index (χ3n) is 3.42. The second kappa shape index (κ2) is 10.4. The fourth-order valence-corrected chi connectivity index (χ4v) is 2.00. The van der Waals surface area contributed by atoms with Gasteiger partial charge in [-0.3, -0.25) is 0 Å². The van der Waals surface area contributed by atoms with E-state index < -0.39 is 0 Å². The zero-order valence-corrected chi connectivity index (χ0v) is 13.7. The molecule has 0 aliphatic heterocycles. The van der Waals surface area contributed by atoms with Crippen molar-refractivity contribution in [2.75, 3.05) is 26.4 Å². The van der Waals surface area contributed by atoms with Crippen LogP contribution in [-0.2, 0) is 11.2 Å². The van der Waals surface area contributed by atoms with Gasteiger partial charge in [0.15, 0.2) is 0 Å². The van der Waals surface area contributed by atoms with Crippen LogP contribution in [0.25, 0.3) is 0 Å². The first kappa shape index (κ1) is 17.7. The first-order valence-corrected chi connectivity index (χ1v) is 7.81. The van der Waals surface area contributed by atoms with Crippen LogP contribution < -0.4 is 10.1 Å². The number of allylic oxidation sites excluding steroid dienone is 1. The minimum atomic E-state index is 0.555. The molecule has 0 amide bonds. The number of ether oxygens (including phenoxy) is 2. The monoisotopic (exact) mass is 291 g/mol. The van der Waals surface area contributed by atoms with Gasteiger partial charge in [-0.1, -0.05) is 30.7 Å². The number of hydrogen-bond donors (Lipinski definition) is 1. The van der Waals surface area contributed by atoms with Crippen molar-refractivity contribution in [3.05, 3.63) is 42.0 Å². The summed E-state index contributed by atoms with van der Waals surface area (Å²) in [4.78, 5) is 0. The van der Waals surface area contributed by atoms with Crippen LogP contribution in [0.2, 0.25) is 0 Å². The molecule has 1 N–H and O–H groups in total. The van der Waals surface area contributed by atoms with Gasteiger partial charge in [0.1, 0.15) is 12.4 Å². The molecule has 1 atom stereocenters. The fraction of sp³-hybridized carbons (Fsp3) is 0.556. The Hall–Kier alpha value is -1.32. The summed E-state index contributed by atoms with van der Waals surface area (Å²) < 4.78 is 11.4. The van der Waals surface area contributed by atoms with E-state index in [1.807, 2.05) is 12.1 Å². The zero-order chi connectivity index (χ0) is 15.5. The molecule has 1 aromatic carbocycles. The number of benzene rings is 1. The molecule has 0 bridgehead atoms. The van der Waals surface area contributed by atoms with E-state index in [9.17, 15) is 0 Å². The highest BCUT2D eigenvalue weighted by molar-refractivity contribution is 5.38. The molecule has 21 heavy (non-hydrogen) atoms. The van der Waals surface area contributed by atoms with Crippen LogP contribution in [0.4, 0.5) is 0 Å². The number of rotatable bonds is 11. The van der Waals surface area contributed by atoms with Crippen molar-refractivity contribution in [3.63, 3.8) is 0 Å². The quantitative estimate of drug-likeness (QED) is 0.500. The Bertz CT molecular complexity index is 418. The molecule has 0 saturated heterocycles. The molecule has 0 aliphatic carbocycles. The van der Waals surface area contributed by atoms with E-state index in [4.69, 9.17) is 9.47 Å². The maximum atomic E-state index is 5.80. The maximum absolute atomic E-state index is 5.80. The highest BCUT2D eigenvalue weighted by Crippen LogP contribution is 2.20. The molecule has 118 valence electrons. The molecule has 0 unspecified atom stereocenters. The minimum absolute atomic E-state index is 0.555. The summed E-state index contributed by atoms with van der Waals surface area (Å²) in [6.07, 6.45) is 3.87. The summed E-state index contributed by atoms with van der Waals surface area (Å²) in [5.74, 6) is 0.932. The van der Waals surface area contributed by atoms with Crippen LogP contribution in [0.15, 0.2) is 30.9 Å². The molecular formula is C18H29NO2. The number of hydrogen-bond acceptors (Lipinski definition) is 3. The number of aryl methyl sites for hydroxylation is 1. The lowest BCUT2D eigenvalue weighted by atomic mass is 10.1. The molecule has 0 aliphatic rings. The van der Waals surface area contributed by atoms with Gasteiger partial charge in [0, 0.05) is 12.6 Å². The van der Waals surface area contributed by atoms with Crippen LogP contribution in [0.3, 0.4) is 0 Å². The fourth-order valence-electron chi connectivity index (χ4n) is 2.00. The van der Waals surface area contributed by atoms with Gasteiger partial charge < -0.3 is 14.8 Å². The largest absolute Gasteiger partial charge is 0.491 e. The van der Waals surface area contributed by atoms with Gasteiger partial charge in [0.25, 0.3) is 0 Å². The minimum Gasteiger partial charge on any atom is -0.491 e. The van der Waals surface area contributed by atoms with Gasteiger partial charge in [-0.05, 0) is 38.3 Å². The lowest BCUT2D eigenvalue weighted by Gasteiger charge is -2.13. The summed E-state index contributed by atoms with van der Waals surface area (Å²) in [5.41, 5.74) is 2.43. The number of nitrogens with one attached hydrogen (secondary N) is 1. The summed E-state index contributed by atoms with van der Waals surface area (Å²) in [6, 6.07) is 6.80. The molecule has 1 rings (SSSR count). The summed E-state index contributed by atoms with van der Waals surface area (Å²) in [6.45, 7) is 13.0. The second-order valence-corrected chi connectivity index (χ2v) is 5.33. The van der Waals surface area contributed by atoms with Crippen molar-refractivity contribution in [2.24, 2.45) is 0 Å². The van der Waals surface area contributed by atoms with Crippen molar-refractivity contribution in [1.29, 1.82) is 0 Å². The Morgan fingerprint density at radius 3 is 2.81 bits per heavy atom. The lowest BCUT2D eigenvalue weighted by Crippen LogP contribution is -2.29. The van der Waals surface area contributed by atoms with E-state index >= 15 is 0 Å². The Labute approximate surface area is 129 Å². The van der Waals surface area contributed by atoms with Crippen molar-refractivity contribution in [1.82, 2.24) is 5.32 Å². The van der Waals surface area contributed by atoms with E-state index in [1.165, 1.54) is 11.1 Å². The first-order chi connectivity index (χ1) is 10.2. The molecule has 3 nitrogen and oxygen atoms in total. The topological polar surface area (TPSA) is 30.5 Å². The third kappa shape index (κ3) is 7.30. The Morgan fingerprint density at radius 2 is 2.10 bits per heavy atom. The lowest BCUT2D eigenvalue weighted by molar-refractivity contribution is 0.100. The Morgan fingerprint density at radius 1 is 1.29 bits per heavy atom. The molecule has 1 aromatic rings.